The molecule has 1 aliphatic heterocycles. The Morgan fingerprint density at radius 2 is 2.14 bits per heavy atom. The predicted octanol–water partition coefficient (Wildman–Crippen LogP) is 1.30. The molecule has 0 spiro atoms. The second-order valence-electron chi connectivity index (χ2n) is 5.46. The van der Waals surface area contributed by atoms with E-state index in [1.54, 1.807) is 6.92 Å². The number of ether oxygens (including phenoxy) is 1. The monoisotopic (exact) mass is 312 g/mol. The molecule has 0 saturated heterocycles. The summed E-state index contributed by atoms with van der Waals surface area (Å²) >= 11 is 0. The van der Waals surface area contributed by atoms with Crippen molar-refractivity contribution in [3.05, 3.63) is 29.8 Å². The van der Waals surface area contributed by atoms with Gasteiger partial charge in [0.05, 0.1) is 5.25 Å². The molecule has 6 heteroatoms. The Bertz CT molecular complexity index is 535. The minimum absolute atomic E-state index is 0.118. The lowest BCUT2D eigenvalue weighted by Crippen LogP contribution is -2.42. The van der Waals surface area contributed by atoms with Crippen molar-refractivity contribution in [3.8, 4) is 5.75 Å². The van der Waals surface area contributed by atoms with Crippen LogP contribution in [0.1, 0.15) is 25.8 Å². The van der Waals surface area contributed by atoms with Crippen molar-refractivity contribution >= 4 is 10.0 Å². The summed E-state index contributed by atoms with van der Waals surface area (Å²) in [4.78, 5) is 0. The number of sulfonamides is 1. The first-order valence-corrected chi connectivity index (χ1v) is 9.01. The normalized spacial score (nSPS) is 19.0. The van der Waals surface area contributed by atoms with Crippen LogP contribution < -0.4 is 14.8 Å². The quantitative estimate of drug-likeness (QED) is 0.710. The van der Waals surface area contributed by atoms with Gasteiger partial charge in [-0.3, -0.25) is 0 Å². The second kappa shape index (κ2) is 7.24. The van der Waals surface area contributed by atoms with E-state index in [9.17, 15) is 8.42 Å². The number of benzene rings is 1. The Morgan fingerprint density at radius 3 is 2.86 bits per heavy atom. The zero-order chi connectivity index (χ0) is 15.3. The van der Waals surface area contributed by atoms with Gasteiger partial charge in [-0.2, -0.15) is 0 Å². The molecule has 1 aromatic carbocycles. The molecule has 1 heterocycles. The molecule has 1 aromatic rings. The van der Waals surface area contributed by atoms with E-state index in [0.717, 1.165) is 30.7 Å². The highest BCUT2D eigenvalue weighted by molar-refractivity contribution is 7.90. The van der Waals surface area contributed by atoms with E-state index in [1.165, 1.54) is 0 Å². The summed E-state index contributed by atoms with van der Waals surface area (Å²) in [6.07, 6.45) is 1.63. The summed E-state index contributed by atoms with van der Waals surface area (Å²) in [5.41, 5.74) is 1.14. The molecule has 118 valence electrons. The molecule has 2 rings (SSSR count). The third-order valence-corrected chi connectivity index (χ3v) is 5.41. The fourth-order valence-corrected chi connectivity index (χ4v) is 3.35. The molecule has 2 unspecified atom stereocenters. The third kappa shape index (κ3) is 4.43. The van der Waals surface area contributed by atoms with Gasteiger partial charge in [-0.25, -0.2) is 13.1 Å². The smallest absolute Gasteiger partial charge is 0.215 e. The van der Waals surface area contributed by atoms with Gasteiger partial charge in [0.25, 0.3) is 0 Å². The minimum Gasteiger partial charge on any atom is -0.488 e. The average Bonchev–Trinajstić information content (AvgIpc) is 2.88. The summed E-state index contributed by atoms with van der Waals surface area (Å²) < 4.78 is 32.7. The first-order valence-electron chi connectivity index (χ1n) is 7.46. The van der Waals surface area contributed by atoms with Gasteiger partial charge in [0.1, 0.15) is 11.9 Å². The molecule has 0 aromatic heterocycles. The van der Waals surface area contributed by atoms with Crippen LogP contribution in [0.5, 0.6) is 5.75 Å². The molecule has 21 heavy (non-hydrogen) atoms. The first-order chi connectivity index (χ1) is 10.0. The maximum atomic E-state index is 12.1. The molecule has 0 amide bonds. The maximum absolute atomic E-state index is 12.1. The Kier molecular flexibility index (Phi) is 5.61. The first kappa shape index (κ1) is 16.3. The molecule has 0 saturated carbocycles. The van der Waals surface area contributed by atoms with E-state index >= 15 is 0 Å². The highest BCUT2D eigenvalue weighted by Gasteiger charge is 2.26. The van der Waals surface area contributed by atoms with Crippen molar-refractivity contribution in [2.24, 2.45) is 0 Å². The van der Waals surface area contributed by atoms with E-state index in [2.05, 4.69) is 17.0 Å². The lowest BCUT2D eigenvalue weighted by Gasteiger charge is -2.17. The van der Waals surface area contributed by atoms with E-state index in [0.29, 0.717) is 13.1 Å². The summed E-state index contributed by atoms with van der Waals surface area (Å²) in [5.74, 6) is 0.861. The second-order valence-corrected chi connectivity index (χ2v) is 7.64. The molecular weight excluding hydrogens is 288 g/mol. The molecule has 1 aliphatic rings. The zero-order valence-corrected chi connectivity index (χ0v) is 13.4. The zero-order valence-electron chi connectivity index (χ0n) is 12.6. The Balaban J connectivity index is 1.80. The number of para-hydroxylation sites is 1. The molecule has 5 nitrogen and oxygen atoms in total. The maximum Gasteiger partial charge on any atom is 0.215 e. The fraction of sp³-hybridized carbons (Fsp3) is 0.600. The van der Waals surface area contributed by atoms with Gasteiger partial charge < -0.3 is 10.1 Å². The van der Waals surface area contributed by atoms with Crippen LogP contribution in [0.2, 0.25) is 0 Å². The number of hydrogen-bond donors (Lipinski definition) is 2. The fourth-order valence-electron chi connectivity index (χ4n) is 2.31. The molecule has 0 aliphatic carbocycles. The summed E-state index contributed by atoms with van der Waals surface area (Å²) in [6, 6.07) is 7.82. The van der Waals surface area contributed by atoms with Gasteiger partial charge in [-0.1, -0.05) is 25.1 Å². The number of hydrogen-bond acceptors (Lipinski definition) is 4. The lowest BCUT2D eigenvalue weighted by molar-refractivity contribution is 0.236. The van der Waals surface area contributed by atoms with Gasteiger partial charge in [0, 0.05) is 19.5 Å². The van der Waals surface area contributed by atoms with Crippen LogP contribution in [0.3, 0.4) is 0 Å². The van der Waals surface area contributed by atoms with Crippen molar-refractivity contribution in [1.82, 2.24) is 10.0 Å². The summed E-state index contributed by atoms with van der Waals surface area (Å²) in [5, 5.41) is 2.68. The lowest BCUT2D eigenvalue weighted by atomic mass is 10.1. The molecule has 2 N–H and O–H groups in total. The number of nitrogens with one attached hydrogen (secondary N) is 2. The highest BCUT2D eigenvalue weighted by Crippen LogP contribution is 2.27. The van der Waals surface area contributed by atoms with Gasteiger partial charge in [-0.05, 0) is 31.5 Å². The molecule has 0 bridgehead atoms. The van der Waals surface area contributed by atoms with Crippen LogP contribution in [0.25, 0.3) is 0 Å². The summed E-state index contributed by atoms with van der Waals surface area (Å²) in [6.45, 7) is 5.39. The highest BCUT2D eigenvalue weighted by atomic mass is 32.2. The van der Waals surface area contributed by atoms with Gasteiger partial charge in [0.15, 0.2) is 0 Å². The van der Waals surface area contributed by atoms with Gasteiger partial charge >= 0.3 is 0 Å². The minimum atomic E-state index is -3.31. The Hall–Kier alpha value is -1.11. The number of fused-ring (bicyclic) bond motifs is 1. The van der Waals surface area contributed by atoms with E-state index in [1.807, 2.05) is 24.3 Å². The SMILES string of the molecule is CCCNCC(C)S(=O)(=O)NCC1Cc2ccccc2O1. The van der Waals surface area contributed by atoms with Crippen molar-refractivity contribution in [1.29, 1.82) is 0 Å². The molecule has 2 atom stereocenters. The van der Waals surface area contributed by atoms with Crippen molar-refractivity contribution in [3.63, 3.8) is 0 Å². The molecule has 0 fully saturated rings. The van der Waals surface area contributed by atoms with Crippen LogP contribution in [-0.4, -0.2) is 39.4 Å². The molecule has 0 radical (unpaired) electrons. The number of rotatable bonds is 8. The van der Waals surface area contributed by atoms with Crippen LogP contribution in [0.4, 0.5) is 0 Å². The van der Waals surface area contributed by atoms with Crippen LogP contribution >= 0.6 is 0 Å². The third-order valence-electron chi connectivity index (χ3n) is 3.61. The van der Waals surface area contributed by atoms with Crippen molar-refractivity contribution < 1.29 is 13.2 Å². The largest absolute Gasteiger partial charge is 0.488 e. The summed E-state index contributed by atoms with van der Waals surface area (Å²) in [7, 11) is -3.31. The molecular formula is C15H24N2O3S. The van der Waals surface area contributed by atoms with Crippen molar-refractivity contribution in [2.75, 3.05) is 19.6 Å². The average molecular weight is 312 g/mol. The van der Waals surface area contributed by atoms with Crippen LogP contribution in [-0.2, 0) is 16.4 Å². The van der Waals surface area contributed by atoms with Crippen molar-refractivity contribution in [2.45, 2.75) is 38.0 Å². The van der Waals surface area contributed by atoms with Gasteiger partial charge in [0.2, 0.25) is 10.0 Å². The van der Waals surface area contributed by atoms with Crippen LogP contribution in [0.15, 0.2) is 24.3 Å². The Morgan fingerprint density at radius 1 is 1.38 bits per heavy atom. The predicted molar refractivity (Wildman–Crippen MR) is 84.1 cm³/mol. The van der Waals surface area contributed by atoms with E-state index in [4.69, 9.17) is 4.74 Å². The standard InChI is InChI=1S/C15H24N2O3S/c1-3-8-16-10-12(2)21(18,19)17-11-14-9-13-6-4-5-7-15(13)20-14/h4-7,12,14,16-17H,3,8-11H2,1-2H3. The van der Waals surface area contributed by atoms with E-state index < -0.39 is 15.3 Å². The Labute approximate surface area is 127 Å². The topological polar surface area (TPSA) is 67.4 Å². The van der Waals surface area contributed by atoms with E-state index in [-0.39, 0.29) is 6.10 Å². The van der Waals surface area contributed by atoms with Gasteiger partial charge in [-0.15, -0.1) is 0 Å². The van der Waals surface area contributed by atoms with Crippen LogP contribution in [0, 0.1) is 0 Å².